The van der Waals surface area contributed by atoms with Gasteiger partial charge in [-0.3, -0.25) is 4.79 Å². The smallest absolute Gasteiger partial charge is 0.308 e. The molecule has 112 valence electrons. The molecule has 1 saturated carbocycles. The van der Waals surface area contributed by atoms with Crippen molar-refractivity contribution in [2.24, 2.45) is 5.92 Å². The van der Waals surface area contributed by atoms with Gasteiger partial charge in [0, 0.05) is 18.1 Å². The zero-order chi connectivity index (χ0) is 14.3. The summed E-state index contributed by atoms with van der Waals surface area (Å²) in [6.07, 6.45) is 2.93. The molecule has 1 rings (SSSR count). The number of ether oxygens (including phenoxy) is 1. The Balaban J connectivity index is 2.25. The van der Waals surface area contributed by atoms with Crippen LogP contribution in [0.2, 0.25) is 0 Å². The number of rotatable bonds is 7. The Morgan fingerprint density at radius 3 is 2.58 bits per heavy atom. The summed E-state index contributed by atoms with van der Waals surface area (Å²) in [4.78, 5) is 13.8. The predicted octanol–water partition coefficient (Wildman–Crippen LogP) is 1.77. The van der Waals surface area contributed by atoms with E-state index >= 15 is 0 Å². The van der Waals surface area contributed by atoms with Gasteiger partial charge in [0.15, 0.2) is 0 Å². The molecule has 0 saturated heterocycles. The molecule has 1 fully saturated rings. The third-order valence-corrected chi connectivity index (χ3v) is 4.80. The van der Waals surface area contributed by atoms with Gasteiger partial charge in [0.05, 0.1) is 18.1 Å². The summed E-state index contributed by atoms with van der Waals surface area (Å²) < 4.78 is 5.04. The number of carbonyl (C=O) groups is 1. The fourth-order valence-corrected chi connectivity index (χ4v) is 3.61. The Morgan fingerprint density at radius 1 is 1.42 bits per heavy atom. The maximum absolute atomic E-state index is 11.6. The maximum Gasteiger partial charge on any atom is 0.308 e. The molecule has 0 heterocycles. The number of hydrogen-bond donors (Lipinski definition) is 1. The largest absolute Gasteiger partial charge is 0.466 e. The molecule has 0 bridgehead atoms. The lowest BCUT2D eigenvalue weighted by Crippen LogP contribution is -2.39. The van der Waals surface area contributed by atoms with Gasteiger partial charge in [0.1, 0.15) is 0 Å². The molecular weight excluding hydrogens is 262 g/mol. The van der Waals surface area contributed by atoms with Crippen LogP contribution in [-0.4, -0.2) is 60.3 Å². The van der Waals surface area contributed by atoms with E-state index in [0.29, 0.717) is 19.4 Å². The molecule has 0 radical (unpaired) electrons. The van der Waals surface area contributed by atoms with Crippen LogP contribution in [0.1, 0.15) is 32.6 Å². The first-order valence-corrected chi connectivity index (χ1v) is 8.24. The summed E-state index contributed by atoms with van der Waals surface area (Å²) in [5.41, 5.74) is -0.583. The lowest BCUT2D eigenvalue weighted by atomic mass is 9.80. The number of thioether (sulfide) groups is 1. The van der Waals surface area contributed by atoms with Gasteiger partial charge in [0.25, 0.3) is 0 Å². The van der Waals surface area contributed by atoms with Crippen molar-refractivity contribution in [1.82, 2.24) is 4.90 Å². The van der Waals surface area contributed by atoms with Crippen LogP contribution in [0.4, 0.5) is 0 Å². The van der Waals surface area contributed by atoms with Crippen LogP contribution in [0.3, 0.4) is 0 Å². The van der Waals surface area contributed by atoms with E-state index in [1.165, 1.54) is 0 Å². The van der Waals surface area contributed by atoms with Crippen LogP contribution < -0.4 is 0 Å². The van der Waals surface area contributed by atoms with E-state index in [9.17, 15) is 9.90 Å². The van der Waals surface area contributed by atoms with Crippen molar-refractivity contribution >= 4 is 17.7 Å². The SMILES string of the molecule is CCOC(=O)C1CCC(O)(CSCCN(C)C)CC1. The maximum atomic E-state index is 11.6. The van der Waals surface area contributed by atoms with Gasteiger partial charge in [-0.15, -0.1) is 0 Å². The normalized spacial score (nSPS) is 27.5. The van der Waals surface area contributed by atoms with Gasteiger partial charge in [-0.05, 0) is 46.7 Å². The summed E-state index contributed by atoms with van der Waals surface area (Å²) in [6, 6.07) is 0. The molecule has 0 aromatic heterocycles. The predicted molar refractivity (Wildman–Crippen MR) is 79.4 cm³/mol. The van der Waals surface area contributed by atoms with Crippen molar-refractivity contribution in [3.05, 3.63) is 0 Å². The van der Waals surface area contributed by atoms with E-state index in [0.717, 1.165) is 30.9 Å². The first kappa shape index (κ1) is 16.8. The number of hydrogen-bond acceptors (Lipinski definition) is 5. The standard InChI is InChI=1S/C14H27NO3S/c1-4-18-13(16)12-5-7-14(17,8-6-12)11-19-10-9-15(2)3/h12,17H,4-11H2,1-3H3. The second-order valence-electron chi connectivity index (χ2n) is 5.61. The average molecular weight is 289 g/mol. The van der Waals surface area contributed by atoms with Gasteiger partial charge >= 0.3 is 5.97 Å². The van der Waals surface area contributed by atoms with Crippen LogP contribution in [0, 0.1) is 5.92 Å². The molecule has 1 aliphatic carbocycles. The first-order chi connectivity index (χ1) is 8.97. The summed E-state index contributed by atoms with van der Waals surface area (Å²) in [5.74, 6) is 1.71. The van der Waals surface area contributed by atoms with Crippen molar-refractivity contribution in [2.75, 3.05) is 38.8 Å². The van der Waals surface area contributed by atoms with Crippen molar-refractivity contribution in [1.29, 1.82) is 0 Å². The van der Waals surface area contributed by atoms with E-state index in [1.54, 1.807) is 11.8 Å². The quantitative estimate of drug-likeness (QED) is 0.572. The molecule has 0 aliphatic heterocycles. The second kappa shape index (κ2) is 8.12. The Kier molecular flexibility index (Phi) is 7.18. The Labute approximate surface area is 120 Å². The lowest BCUT2D eigenvalue weighted by Gasteiger charge is -2.35. The highest BCUT2D eigenvalue weighted by atomic mass is 32.2. The van der Waals surface area contributed by atoms with Gasteiger partial charge in [-0.25, -0.2) is 0 Å². The first-order valence-electron chi connectivity index (χ1n) is 7.08. The minimum atomic E-state index is -0.583. The zero-order valence-corrected chi connectivity index (χ0v) is 13.2. The van der Waals surface area contributed by atoms with E-state index < -0.39 is 5.60 Å². The molecule has 1 N–H and O–H groups in total. The lowest BCUT2D eigenvalue weighted by molar-refractivity contribution is -0.150. The number of esters is 1. The van der Waals surface area contributed by atoms with E-state index in [-0.39, 0.29) is 11.9 Å². The van der Waals surface area contributed by atoms with Gasteiger partial charge in [0.2, 0.25) is 0 Å². The molecule has 19 heavy (non-hydrogen) atoms. The van der Waals surface area contributed by atoms with Crippen molar-refractivity contribution < 1.29 is 14.6 Å². The van der Waals surface area contributed by atoms with Crippen molar-refractivity contribution in [3.8, 4) is 0 Å². The molecular formula is C14H27NO3S. The summed E-state index contributed by atoms with van der Waals surface area (Å²) in [5, 5.41) is 10.5. The average Bonchev–Trinajstić information content (AvgIpc) is 2.36. The highest BCUT2D eigenvalue weighted by Gasteiger charge is 2.36. The molecule has 0 spiro atoms. The topological polar surface area (TPSA) is 49.8 Å². The summed E-state index contributed by atoms with van der Waals surface area (Å²) >= 11 is 1.80. The Bertz CT molecular complexity index is 276. The van der Waals surface area contributed by atoms with Crippen LogP contribution in [-0.2, 0) is 9.53 Å². The number of aliphatic hydroxyl groups is 1. The highest BCUT2D eigenvalue weighted by Crippen LogP contribution is 2.34. The third-order valence-electron chi connectivity index (χ3n) is 3.59. The molecule has 1 aliphatic rings. The minimum Gasteiger partial charge on any atom is -0.466 e. The molecule has 0 atom stereocenters. The summed E-state index contributed by atoms with van der Waals surface area (Å²) in [7, 11) is 4.11. The van der Waals surface area contributed by atoms with Crippen molar-refractivity contribution in [2.45, 2.75) is 38.2 Å². The van der Waals surface area contributed by atoms with Gasteiger partial charge < -0.3 is 14.7 Å². The molecule has 0 unspecified atom stereocenters. The van der Waals surface area contributed by atoms with Gasteiger partial charge in [-0.1, -0.05) is 0 Å². The fourth-order valence-electron chi connectivity index (χ4n) is 2.30. The molecule has 0 aromatic rings. The number of carbonyl (C=O) groups excluding carboxylic acids is 1. The van der Waals surface area contributed by atoms with Crippen LogP contribution >= 0.6 is 11.8 Å². The van der Waals surface area contributed by atoms with E-state index in [1.807, 2.05) is 6.92 Å². The zero-order valence-electron chi connectivity index (χ0n) is 12.4. The summed E-state index contributed by atoms with van der Waals surface area (Å²) in [6.45, 7) is 3.31. The minimum absolute atomic E-state index is 0.00741. The van der Waals surface area contributed by atoms with Crippen LogP contribution in [0.5, 0.6) is 0 Å². The monoisotopic (exact) mass is 289 g/mol. The van der Waals surface area contributed by atoms with Crippen LogP contribution in [0.25, 0.3) is 0 Å². The second-order valence-corrected chi connectivity index (χ2v) is 6.71. The molecule has 5 heteroatoms. The number of nitrogens with zero attached hydrogens (tertiary/aromatic N) is 1. The van der Waals surface area contributed by atoms with E-state index in [2.05, 4.69) is 19.0 Å². The Morgan fingerprint density at radius 2 is 2.05 bits per heavy atom. The highest BCUT2D eigenvalue weighted by molar-refractivity contribution is 7.99. The third kappa shape index (κ3) is 6.15. The molecule has 0 aromatic carbocycles. The molecule has 0 amide bonds. The van der Waals surface area contributed by atoms with Crippen LogP contribution in [0.15, 0.2) is 0 Å². The Hall–Kier alpha value is -0.260. The van der Waals surface area contributed by atoms with E-state index in [4.69, 9.17) is 4.74 Å². The fraction of sp³-hybridized carbons (Fsp3) is 0.929. The van der Waals surface area contributed by atoms with Gasteiger partial charge in [-0.2, -0.15) is 11.8 Å². The van der Waals surface area contributed by atoms with Crippen molar-refractivity contribution in [3.63, 3.8) is 0 Å². The molecule has 4 nitrogen and oxygen atoms in total.